The number of aromatic hydroxyl groups is 2. The van der Waals surface area contributed by atoms with Gasteiger partial charge in [0.25, 0.3) is 0 Å². The van der Waals surface area contributed by atoms with Crippen LogP contribution >= 0.6 is 0 Å². The third kappa shape index (κ3) is 5.42. The second-order valence-electron chi connectivity index (χ2n) is 7.35. The molecule has 0 aromatic heterocycles. The summed E-state index contributed by atoms with van der Waals surface area (Å²) in [4.78, 5) is 2.39. The first-order valence-corrected chi connectivity index (χ1v) is 9.26. The highest BCUT2D eigenvalue weighted by Gasteiger charge is 2.36. The van der Waals surface area contributed by atoms with E-state index in [0.29, 0.717) is 0 Å². The molecule has 0 radical (unpaired) electrons. The summed E-state index contributed by atoms with van der Waals surface area (Å²) in [5.74, 6) is -0.793. The van der Waals surface area contributed by atoms with E-state index in [0.717, 1.165) is 49.2 Å². The van der Waals surface area contributed by atoms with Gasteiger partial charge < -0.3 is 15.3 Å². The Morgan fingerprint density at radius 1 is 0.929 bits per heavy atom. The quantitative estimate of drug-likeness (QED) is 0.720. The van der Waals surface area contributed by atoms with Gasteiger partial charge in [0.05, 0.1) is 6.10 Å². The molecule has 4 rings (SSSR count). The summed E-state index contributed by atoms with van der Waals surface area (Å²) in [6.07, 6.45) is 3.70. The first-order valence-electron chi connectivity index (χ1n) is 9.26. The van der Waals surface area contributed by atoms with E-state index in [-0.39, 0.29) is 13.2 Å². The van der Waals surface area contributed by atoms with Crippen LogP contribution in [0.3, 0.4) is 0 Å². The molecule has 4 nitrogen and oxygen atoms in total. The average molecular weight is 393 g/mol. The molecule has 2 fully saturated rings. The SMILES string of the molecule is C.Oc1c(F)cccc1F.Oc1ccc(C(O)CN2CC3CCCC3C2)cc1. The topological polar surface area (TPSA) is 63.9 Å². The number of para-hydroxylation sites is 1. The number of phenolic OH excluding ortho intramolecular Hbond substituents is 2. The van der Waals surface area contributed by atoms with E-state index in [9.17, 15) is 19.0 Å². The maximum atomic E-state index is 12.1. The molecule has 1 saturated carbocycles. The molecule has 2 aromatic carbocycles. The van der Waals surface area contributed by atoms with Crippen molar-refractivity contribution in [2.24, 2.45) is 11.8 Å². The van der Waals surface area contributed by atoms with E-state index in [1.807, 2.05) is 0 Å². The van der Waals surface area contributed by atoms with E-state index in [1.165, 1.54) is 25.3 Å². The van der Waals surface area contributed by atoms with Crippen LogP contribution in [0.15, 0.2) is 42.5 Å². The first kappa shape index (κ1) is 22.1. The number of hydrogen-bond donors (Lipinski definition) is 3. The second kappa shape index (κ2) is 9.85. The summed E-state index contributed by atoms with van der Waals surface area (Å²) in [7, 11) is 0. The molecule has 0 amide bonds. The van der Waals surface area contributed by atoms with Crippen molar-refractivity contribution in [1.82, 2.24) is 4.90 Å². The van der Waals surface area contributed by atoms with Gasteiger partial charge in [0.2, 0.25) is 0 Å². The maximum Gasteiger partial charge on any atom is 0.187 e. The van der Waals surface area contributed by atoms with Gasteiger partial charge in [-0.05, 0) is 54.5 Å². The molecule has 1 aliphatic heterocycles. The largest absolute Gasteiger partial charge is 0.508 e. The van der Waals surface area contributed by atoms with E-state index < -0.39 is 23.5 Å². The van der Waals surface area contributed by atoms with Crippen LogP contribution in [-0.4, -0.2) is 39.9 Å². The standard InChI is InChI=1S/C15H21NO2.C6H4F2O.CH4/c17-14-6-4-11(5-7-14)15(18)10-16-8-12-2-1-3-13(12)9-16;7-4-2-1-3-5(8)6(4)9;/h4-7,12-13,15,17-18H,1-3,8-10H2;1-3,9H;1H4. The number of nitrogens with zero attached hydrogens (tertiary/aromatic N) is 1. The number of halogens is 2. The average Bonchev–Trinajstić information content (AvgIpc) is 3.22. The highest BCUT2D eigenvalue weighted by atomic mass is 19.1. The molecule has 0 bridgehead atoms. The number of hydrogen-bond acceptors (Lipinski definition) is 4. The summed E-state index contributed by atoms with van der Waals surface area (Å²) in [6, 6.07) is 10.0. The minimum Gasteiger partial charge on any atom is -0.508 e. The van der Waals surface area contributed by atoms with Crippen LogP contribution in [-0.2, 0) is 0 Å². The predicted octanol–water partition coefficient (Wildman–Crippen LogP) is 4.46. The van der Waals surface area contributed by atoms with Crippen molar-refractivity contribution in [3.63, 3.8) is 0 Å². The number of aliphatic hydroxyl groups excluding tert-OH is 1. The Morgan fingerprint density at radius 2 is 1.46 bits per heavy atom. The number of β-amino-alcohol motifs (C(OH)–C–C–N with tert-alkyl or cyclic N) is 1. The zero-order valence-electron chi connectivity index (χ0n) is 15.1. The van der Waals surface area contributed by atoms with Gasteiger partial charge in [0, 0.05) is 19.6 Å². The lowest BCUT2D eigenvalue weighted by Gasteiger charge is -2.21. The molecule has 1 heterocycles. The van der Waals surface area contributed by atoms with Crippen molar-refractivity contribution in [2.45, 2.75) is 32.8 Å². The predicted molar refractivity (Wildman–Crippen MR) is 105 cm³/mol. The van der Waals surface area contributed by atoms with Crippen molar-refractivity contribution in [3.05, 3.63) is 59.7 Å². The normalized spacial score (nSPS) is 22.0. The first-order chi connectivity index (χ1) is 12.9. The lowest BCUT2D eigenvalue weighted by molar-refractivity contribution is 0.122. The second-order valence-corrected chi connectivity index (χ2v) is 7.35. The van der Waals surface area contributed by atoms with Crippen molar-refractivity contribution >= 4 is 0 Å². The van der Waals surface area contributed by atoms with Crippen LogP contribution < -0.4 is 0 Å². The zero-order chi connectivity index (χ0) is 19.4. The molecule has 3 N–H and O–H groups in total. The van der Waals surface area contributed by atoms with Crippen molar-refractivity contribution < 1.29 is 24.1 Å². The molecule has 1 aliphatic carbocycles. The van der Waals surface area contributed by atoms with Gasteiger partial charge in [-0.25, -0.2) is 8.78 Å². The van der Waals surface area contributed by atoms with Crippen molar-refractivity contribution in [1.29, 1.82) is 0 Å². The summed E-state index contributed by atoms with van der Waals surface area (Å²) < 4.78 is 24.2. The van der Waals surface area contributed by atoms with Crippen LogP contribution in [0.1, 0.15) is 38.4 Å². The van der Waals surface area contributed by atoms with Gasteiger partial charge in [0.1, 0.15) is 5.75 Å². The summed E-state index contributed by atoms with van der Waals surface area (Å²) in [6.45, 7) is 3.03. The zero-order valence-corrected chi connectivity index (χ0v) is 15.1. The van der Waals surface area contributed by atoms with Gasteiger partial charge in [-0.3, -0.25) is 4.90 Å². The van der Waals surface area contributed by atoms with Gasteiger partial charge in [-0.2, -0.15) is 0 Å². The lowest BCUT2D eigenvalue weighted by Crippen LogP contribution is -2.27. The Hall–Kier alpha value is -2.18. The molecule has 1 saturated heterocycles. The Labute approximate surface area is 165 Å². The van der Waals surface area contributed by atoms with E-state index in [1.54, 1.807) is 24.3 Å². The lowest BCUT2D eigenvalue weighted by atomic mass is 10.0. The summed E-state index contributed by atoms with van der Waals surface area (Å²) in [5, 5.41) is 27.9. The molecule has 28 heavy (non-hydrogen) atoms. The molecule has 3 atom stereocenters. The van der Waals surface area contributed by atoms with Gasteiger partial charge >= 0.3 is 0 Å². The number of fused-ring (bicyclic) bond motifs is 1. The van der Waals surface area contributed by atoms with Crippen LogP contribution in [0.5, 0.6) is 11.5 Å². The van der Waals surface area contributed by atoms with Crippen LogP contribution in [0, 0.1) is 23.5 Å². The Bertz CT molecular complexity index is 722. The highest BCUT2D eigenvalue weighted by Crippen LogP contribution is 2.38. The minimum absolute atomic E-state index is 0. The minimum atomic E-state index is -0.935. The smallest absolute Gasteiger partial charge is 0.187 e. The van der Waals surface area contributed by atoms with Crippen LogP contribution in [0.4, 0.5) is 8.78 Å². The molecule has 0 spiro atoms. The van der Waals surface area contributed by atoms with Crippen LogP contribution in [0.2, 0.25) is 0 Å². The number of likely N-dealkylation sites (tertiary alicyclic amines) is 1. The van der Waals surface area contributed by atoms with E-state index >= 15 is 0 Å². The fraction of sp³-hybridized carbons (Fsp3) is 0.455. The van der Waals surface area contributed by atoms with Crippen molar-refractivity contribution in [2.75, 3.05) is 19.6 Å². The highest BCUT2D eigenvalue weighted by molar-refractivity contribution is 5.27. The van der Waals surface area contributed by atoms with Gasteiger partial charge in [-0.15, -0.1) is 0 Å². The summed E-state index contributed by atoms with van der Waals surface area (Å²) >= 11 is 0. The Morgan fingerprint density at radius 3 is 1.96 bits per heavy atom. The summed E-state index contributed by atoms with van der Waals surface area (Å²) in [5.41, 5.74) is 0.893. The van der Waals surface area contributed by atoms with Crippen LogP contribution in [0.25, 0.3) is 0 Å². The maximum absolute atomic E-state index is 12.1. The van der Waals surface area contributed by atoms with Crippen molar-refractivity contribution in [3.8, 4) is 11.5 Å². The number of benzene rings is 2. The third-order valence-electron chi connectivity index (χ3n) is 5.45. The number of rotatable bonds is 3. The monoisotopic (exact) mass is 393 g/mol. The van der Waals surface area contributed by atoms with Gasteiger partial charge in [-0.1, -0.05) is 32.0 Å². The third-order valence-corrected chi connectivity index (χ3v) is 5.45. The Balaban J connectivity index is 0.000000239. The molecular weight excluding hydrogens is 364 g/mol. The molecule has 6 heteroatoms. The number of aliphatic hydroxyl groups is 1. The Kier molecular flexibility index (Phi) is 7.78. The van der Waals surface area contributed by atoms with E-state index in [4.69, 9.17) is 5.11 Å². The number of phenols is 2. The molecule has 3 unspecified atom stereocenters. The fourth-order valence-electron chi connectivity index (χ4n) is 4.02. The molecular formula is C22H29F2NO3. The molecule has 2 aliphatic rings. The fourth-order valence-corrected chi connectivity index (χ4v) is 4.02. The molecule has 154 valence electrons. The van der Waals surface area contributed by atoms with E-state index in [2.05, 4.69) is 4.90 Å². The van der Waals surface area contributed by atoms with Gasteiger partial charge in [0.15, 0.2) is 17.4 Å². The molecule has 2 aromatic rings.